The third-order valence-electron chi connectivity index (χ3n) is 3.87. The predicted molar refractivity (Wildman–Crippen MR) is 123 cm³/mol. The van der Waals surface area contributed by atoms with Crippen LogP contribution >= 0.6 is 24.0 Å². The van der Waals surface area contributed by atoms with Crippen LogP contribution in [0.2, 0.25) is 0 Å². The van der Waals surface area contributed by atoms with E-state index in [-0.39, 0.29) is 24.0 Å². The highest BCUT2D eigenvalue weighted by atomic mass is 127. The van der Waals surface area contributed by atoms with Crippen molar-refractivity contribution in [1.82, 2.24) is 14.9 Å². The zero-order valence-electron chi connectivity index (χ0n) is 16.7. The summed E-state index contributed by atoms with van der Waals surface area (Å²) in [4.78, 5) is 4.51. The van der Waals surface area contributed by atoms with E-state index >= 15 is 0 Å². The minimum Gasteiger partial charge on any atom is -0.497 e. The first kappa shape index (κ1) is 25.9. The third-order valence-corrected chi connectivity index (χ3v) is 5.25. The molecule has 1 aromatic carbocycles. The van der Waals surface area contributed by atoms with Crippen molar-refractivity contribution in [2.45, 2.75) is 26.7 Å². The van der Waals surface area contributed by atoms with Gasteiger partial charge in [0.25, 0.3) is 0 Å². The van der Waals surface area contributed by atoms with E-state index in [1.165, 1.54) is 16.1 Å². The lowest BCUT2D eigenvalue weighted by Crippen LogP contribution is -2.38. The molecule has 0 fully saturated rings. The number of methoxy groups -OCH3 is 1. The van der Waals surface area contributed by atoms with Crippen LogP contribution in [-0.2, 0) is 16.4 Å². The fourth-order valence-corrected chi connectivity index (χ4v) is 3.39. The van der Waals surface area contributed by atoms with Crippen LogP contribution in [0.25, 0.3) is 0 Å². The highest BCUT2D eigenvalue weighted by Gasteiger charge is 2.12. The minimum atomic E-state index is -3.13. The molecular formula is C18H33IN4O3S. The molecule has 0 aromatic heterocycles. The largest absolute Gasteiger partial charge is 0.497 e. The molecule has 1 aromatic rings. The number of nitrogens with zero attached hydrogens (tertiary/aromatic N) is 2. The number of aliphatic imine (C=N–C) groups is 1. The van der Waals surface area contributed by atoms with Gasteiger partial charge in [-0.15, -0.1) is 24.0 Å². The summed E-state index contributed by atoms with van der Waals surface area (Å²) >= 11 is 0. The molecule has 0 unspecified atom stereocenters. The first-order valence-corrected chi connectivity index (χ1v) is 10.9. The van der Waals surface area contributed by atoms with E-state index < -0.39 is 10.0 Å². The number of rotatable bonds is 11. The van der Waals surface area contributed by atoms with E-state index in [1.807, 2.05) is 26.0 Å². The van der Waals surface area contributed by atoms with Gasteiger partial charge in [0.2, 0.25) is 10.0 Å². The molecule has 0 saturated carbocycles. The Balaban J connectivity index is 0.00000676. The Hall–Kier alpha value is -1.07. The van der Waals surface area contributed by atoms with Gasteiger partial charge in [-0.1, -0.05) is 19.1 Å². The molecular weight excluding hydrogens is 479 g/mol. The molecule has 0 saturated heterocycles. The van der Waals surface area contributed by atoms with Crippen LogP contribution in [0, 0.1) is 0 Å². The fraction of sp³-hybridized carbons (Fsp3) is 0.611. The van der Waals surface area contributed by atoms with Crippen LogP contribution in [-0.4, -0.2) is 64.8 Å². The van der Waals surface area contributed by atoms with Gasteiger partial charge in [-0.2, -0.15) is 0 Å². The smallest absolute Gasteiger partial charge is 0.211 e. The van der Waals surface area contributed by atoms with E-state index in [1.54, 1.807) is 7.11 Å². The Morgan fingerprint density at radius 3 is 2.37 bits per heavy atom. The molecule has 0 bridgehead atoms. The van der Waals surface area contributed by atoms with Gasteiger partial charge in [-0.3, -0.25) is 4.99 Å². The molecule has 7 nitrogen and oxygen atoms in total. The Kier molecular flexibility index (Phi) is 13.4. The van der Waals surface area contributed by atoms with Gasteiger partial charge in [0.15, 0.2) is 5.96 Å². The summed E-state index contributed by atoms with van der Waals surface area (Å²) in [6, 6.07) is 8.01. The molecule has 1 rings (SSSR count). The van der Waals surface area contributed by atoms with E-state index in [4.69, 9.17) is 4.74 Å². The summed E-state index contributed by atoms with van der Waals surface area (Å²) in [7, 11) is -1.47. The third kappa shape index (κ3) is 10.7. The van der Waals surface area contributed by atoms with Gasteiger partial charge >= 0.3 is 0 Å². The van der Waals surface area contributed by atoms with Crippen molar-refractivity contribution >= 4 is 40.0 Å². The summed E-state index contributed by atoms with van der Waals surface area (Å²) in [6.45, 7) is 6.95. The van der Waals surface area contributed by atoms with E-state index in [0.717, 1.165) is 31.2 Å². The first-order chi connectivity index (χ1) is 12.4. The number of guanidine groups is 1. The van der Waals surface area contributed by atoms with Gasteiger partial charge in [-0.05, 0) is 37.5 Å². The highest BCUT2D eigenvalue weighted by molar-refractivity contribution is 14.0. The van der Waals surface area contributed by atoms with Crippen molar-refractivity contribution < 1.29 is 13.2 Å². The lowest BCUT2D eigenvalue weighted by molar-refractivity contribution is 0.414. The van der Waals surface area contributed by atoms with Crippen LogP contribution < -0.4 is 15.4 Å². The molecule has 0 aliphatic carbocycles. The van der Waals surface area contributed by atoms with Crippen molar-refractivity contribution in [1.29, 1.82) is 0 Å². The lowest BCUT2D eigenvalue weighted by Gasteiger charge is -2.17. The molecule has 0 aliphatic heterocycles. The average molecular weight is 512 g/mol. The normalized spacial score (nSPS) is 11.8. The maximum Gasteiger partial charge on any atom is 0.211 e. The number of nitrogens with one attached hydrogen (secondary N) is 2. The van der Waals surface area contributed by atoms with Gasteiger partial charge < -0.3 is 15.4 Å². The van der Waals surface area contributed by atoms with Crippen molar-refractivity contribution in [3.05, 3.63) is 29.8 Å². The molecule has 0 atom stereocenters. The highest BCUT2D eigenvalue weighted by Crippen LogP contribution is 2.11. The van der Waals surface area contributed by atoms with E-state index in [2.05, 4.69) is 27.8 Å². The fourth-order valence-electron chi connectivity index (χ4n) is 2.46. The van der Waals surface area contributed by atoms with Crippen molar-refractivity contribution in [3.8, 4) is 5.75 Å². The van der Waals surface area contributed by atoms with Gasteiger partial charge in [-0.25, -0.2) is 12.7 Å². The Bertz CT molecular complexity index is 651. The van der Waals surface area contributed by atoms with Gasteiger partial charge in [0.1, 0.15) is 5.75 Å². The number of sulfonamides is 1. The SMILES string of the molecule is CCNC(=NCCCN(CC)S(C)(=O)=O)NCCc1ccc(OC)cc1.I. The Morgan fingerprint density at radius 1 is 1.19 bits per heavy atom. The zero-order chi connectivity index (χ0) is 19.4. The standard InChI is InChI=1S/C18H32N4O3S.HI/c1-5-19-18(20-13-7-15-22(6-2)26(4,23)24)21-14-12-16-8-10-17(25-3)11-9-16;/h8-11H,5-7,12-15H2,1-4H3,(H2,19,20,21);1H. The lowest BCUT2D eigenvalue weighted by atomic mass is 10.1. The van der Waals surface area contributed by atoms with Crippen molar-refractivity contribution in [2.24, 2.45) is 4.99 Å². The van der Waals surface area contributed by atoms with Crippen molar-refractivity contribution in [3.63, 3.8) is 0 Å². The molecule has 156 valence electrons. The van der Waals surface area contributed by atoms with Crippen molar-refractivity contribution in [2.75, 3.05) is 46.1 Å². The minimum absolute atomic E-state index is 0. The number of hydrogen-bond donors (Lipinski definition) is 2. The van der Waals surface area contributed by atoms with Crippen LogP contribution in [0.3, 0.4) is 0 Å². The van der Waals surface area contributed by atoms with Crippen LogP contribution in [0.5, 0.6) is 5.75 Å². The van der Waals surface area contributed by atoms with Gasteiger partial charge in [0.05, 0.1) is 13.4 Å². The molecule has 2 N–H and O–H groups in total. The summed E-state index contributed by atoms with van der Waals surface area (Å²) in [6.07, 6.45) is 2.81. The summed E-state index contributed by atoms with van der Waals surface area (Å²) in [5.74, 6) is 1.61. The summed E-state index contributed by atoms with van der Waals surface area (Å²) in [5.41, 5.74) is 1.22. The van der Waals surface area contributed by atoms with E-state index in [0.29, 0.717) is 26.1 Å². The first-order valence-electron chi connectivity index (χ1n) is 9.01. The molecule has 9 heteroatoms. The molecule has 0 heterocycles. The average Bonchev–Trinajstić information content (AvgIpc) is 2.61. The quantitative estimate of drug-likeness (QED) is 0.205. The number of ether oxygens (including phenoxy) is 1. The molecule has 0 spiro atoms. The molecule has 0 radical (unpaired) electrons. The zero-order valence-corrected chi connectivity index (χ0v) is 19.8. The number of benzene rings is 1. The second kappa shape index (κ2) is 14.0. The summed E-state index contributed by atoms with van der Waals surface area (Å²) in [5, 5.41) is 6.51. The van der Waals surface area contributed by atoms with Crippen LogP contribution in [0.15, 0.2) is 29.3 Å². The maximum atomic E-state index is 11.6. The number of halogens is 1. The number of hydrogen-bond acceptors (Lipinski definition) is 4. The second-order valence-electron chi connectivity index (χ2n) is 5.89. The summed E-state index contributed by atoms with van der Waals surface area (Å²) < 4.78 is 29.8. The second-order valence-corrected chi connectivity index (χ2v) is 7.88. The topological polar surface area (TPSA) is 83.0 Å². The Labute approximate surface area is 181 Å². The van der Waals surface area contributed by atoms with E-state index in [9.17, 15) is 8.42 Å². The Morgan fingerprint density at radius 2 is 1.85 bits per heavy atom. The molecule has 0 aliphatic rings. The van der Waals surface area contributed by atoms with Crippen LogP contribution in [0.1, 0.15) is 25.8 Å². The molecule has 27 heavy (non-hydrogen) atoms. The molecule has 0 amide bonds. The van der Waals surface area contributed by atoms with Crippen LogP contribution in [0.4, 0.5) is 0 Å². The monoisotopic (exact) mass is 512 g/mol. The van der Waals surface area contributed by atoms with Gasteiger partial charge in [0, 0.05) is 32.7 Å². The maximum absolute atomic E-state index is 11.6. The predicted octanol–water partition coefficient (Wildman–Crippen LogP) is 2.08.